The second-order valence-corrected chi connectivity index (χ2v) is 8.57. The number of carbonyl (C=O) groups excluding carboxylic acids is 2. The lowest BCUT2D eigenvalue weighted by molar-refractivity contribution is -0.142. The molecule has 0 aliphatic heterocycles. The number of halogens is 1. The average molecular weight is 455 g/mol. The van der Waals surface area contributed by atoms with Gasteiger partial charge in [-0.25, -0.2) is 4.98 Å². The number of aromatic nitrogens is 1. The molecule has 0 atom stereocenters. The molecule has 0 saturated heterocycles. The molecule has 1 heterocycles. The van der Waals surface area contributed by atoms with Gasteiger partial charge in [0.15, 0.2) is 11.7 Å². The zero-order valence-electron chi connectivity index (χ0n) is 15.8. The molecule has 0 aliphatic rings. The molecule has 27 heavy (non-hydrogen) atoms. The molecule has 2 rings (SSSR count). The molecule has 0 unspecified atom stereocenters. The van der Waals surface area contributed by atoms with Gasteiger partial charge in [-0.2, -0.15) is 0 Å². The zero-order chi connectivity index (χ0) is 20.0. The fraction of sp³-hybridized carbons (Fsp3) is 0.421. The molecule has 0 spiro atoms. The number of ether oxygens (including phenoxy) is 2. The van der Waals surface area contributed by atoms with Crippen LogP contribution in [0.3, 0.4) is 0 Å². The smallest absolute Gasteiger partial charge is 0.311 e. The zero-order valence-corrected chi connectivity index (χ0v) is 18.2. The monoisotopic (exact) mass is 454 g/mol. The van der Waals surface area contributed by atoms with E-state index in [2.05, 4.69) is 47.0 Å². The van der Waals surface area contributed by atoms with Crippen molar-refractivity contribution in [3.05, 3.63) is 39.3 Å². The van der Waals surface area contributed by atoms with Crippen LogP contribution in [0, 0.1) is 0 Å². The Labute approximate surface area is 171 Å². The first-order valence-corrected chi connectivity index (χ1v) is 10.2. The largest absolute Gasteiger partial charge is 0.483 e. The third kappa shape index (κ3) is 6.62. The van der Waals surface area contributed by atoms with Crippen LogP contribution in [-0.2, 0) is 26.2 Å². The van der Waals surface area contributed by atoms with E-state index in [0.29, 0.717) is 23.2 Å². The topological polar surface area (TPSA) is 77.5 Å². The van der Waals surface area contributed by atoms with Crippen molar-refractivity contribution in [1.82, 2.24) is 4.98 Å². The number of benzene rings is 1. The van der Waals surface area contributed by atoms with Gasteiger partial charge in [0.25, 0.3) is 5.91 Å². The maximum absolute atomic E-state index is 12.1. The Kier molecular flexibility index (Phi) is 7.38. The van der Waals surface area contributed by atoms with Crippen molar-refractivity contribution in [2.75, 3.05) is 18.5 Å². The van der Waals surface area contributed by atoms with Gasteiger partial charge >= 0.3 is 5.97 Å². The molecule has 1 amide bonds. The summed E-state index contributed by atoms with van der Waals surface area (Å²) >= 11 is 4.74. The molecule has 1 aromatic heterocycles. The minimum absolute atomic E-state index is 0.0323. The van der Waals surface area contributed by atoms with Crippen molar-refractivity contribution in [2.45, 2.75) is 39.5 Å². The number of thiazole rings is 1. The van der Waals surface area contributed by atoms with Gasteiger partial charge in [-0.15, -0.1) is 11.3 Å². The van der Waals surface area contributed by atoms with Crippen LogP contribution < -0.4 is 10.1 Å². The van der Waals surface area contributed by atoms with E-state index in [0.717, 1.165) is 4.47 Å². The third-order valence-electron chi connectivity index (χ3n) is 3.59. The van der Waals surface area contributed by atoms with E-state index in [-0.39, 0.29) is 30.3 Å². The molecule has 0 radical (unpaired) electrons. The Bertz CT molecular complexity index is 814. The fourth-order valence-corrected chi connectivity index (χ4v) is 3.41. The highest BCUT2D eigenvalue weighted by Crippen LogP contribution is 2.31. The van der Waals surface area contributed by atoms with Crippen LogP contribution in [0.5, 0.6) is 5.75 Å². The van der Waals surface area contributed by atoms with Crippen LogP contribution in [0.4, 0.5) is 5.13 Å². The number of anilines is 1. The maximum Gasteiger partial charge on any atom is 0.311 e. The van der Waals surface area contributed by atoms with Crippen LogP contribution in [0.1, 0.15) is 39.0 Å². The van der Waals surface area contributed by atoms with Crippen LogP contribution in [0.15, 0.2) is 28.1 Å². The lowest BCUT2D eigenvalue weighted by Crippen LogP contribution is -2.20. The van der Waals surface area contributed by atoms with Crippen LogP contribution in [-0.4, -0.2) is 30.1 Å². The Morgan fingerprint density at radius 3 is 2.67 bits per heavy atom. The van der Waals surface area contributed by atoms with Crippen molar-refractivity contribution >= 4 is 44.3 Å². The highest BCUT2D eigenvalue weighted by Gasteiger charge is 2.16. The van der Waals surface area contributed by atoms with Gasteiger partial charge in [0.1, 0.15) is 5.75 Å². The predicted octanol–water partition coefficient (Wildman–Crippen LogP) is 4.33. The van der Waals surface area contributed by atoms with Gasteiger partial charge in [-0.1, -0.05) is 26.8 Å². The summed E-state index contributed by atoms with van der Waals surface area (Å²) in [6.45, 7) is 8.34. The summed E-state index contributed by atoms with van der Waals surface area (Å²) in [6, 6.07) is 5.83. The highest BCUT2D eigenvalue weighted by molar-refractivity contribution is 9.10. The fourth-order valence-electron chi connectivity index (χ4n) is 2.19. The number of hydrogen-bond acceptors (Lipinski definition) is 6. The highest BCUT2D eigenvalue weighted by atomic mass is 79.9. The summed E-state index contributed by atoms with van der Waals surface area (Å²) in [5, 5.41) is 4.81. The molecule has 8 heteroatoms. The number of nitrogens with one attached hydrogen (secondary N) is 1. The average Bonchev–Trinajstić information content (AvgIpc) is 2.99. The Morgan fingerprint density at radius 2 is 2.04 bits per heavy atom. The van der Waals surface area contributed by atoms with Gasteiger partial charge in [0.05, 0.1) is 23.2 Å². The first-order valence-electron chi connectivity index (χ1n) is 8.51. The number of esters is 1. The summed E-state index contributed by atoms with van der Waals surface area (Å²) in [6.07, 6.45) is 0.0871. The van der Waals surface area contributed by atoms with Gasteiger partial charge in [0, 0.05) is 5.38 Å². The summed E-state index contributed by atoms with van der Waals surface area (Å²) in [5.74, 6) is -0.0633. The van der Waals surface area contributed by atoms with Crippen molar-refractivity contribution in [2.24, 2.45) is 0 Å². The number of amides is 1. The maximum atomic E-state index is 12.1. The Hall–Kier alpha value is -1.93. The molecule has 0 fully saturated rings. The second-order valence-electron chi connectivity index (χ2n) is 6.86. The SMILES string of the molecule is CCOC(=O)Cc1csc(NC(=O)COc2ccc(C(C)(C)C)cc2Br)n1. The van der Waals surface area contributed by atoms with E-state index >= 15 is 0 Å². The van der Waals surface area contributed by atoms with E-state index in [1.165, 1.54) is 16.9 Å². The minimum Gasteiger partial charge on any atom is -0.483 e. The van der Waals surface area contributed by atoms with Crippen molar-refractivity contribution in [3.8, 4) is 5.75 Å². The molecule has 0 saturated carbocycles. The van der Waals surface area contributed by atoms with Crippen molar-refractivity contribution in [3.63, 3.8) is 0 Å². The number of nitrogens with zero attached hydrogens (tertiary/aromatic N) is 1. The van der Waals surface area contributed by atoms with Crippen molar-refractivity contribution in [1.29, 1.82) is 0 Å². The normalized spacial score (nSPS) is 11.1. The first-order chi connectivity index (χ1) is 12.7. The van der Waals surface area contributed by atoms with Gasteiger partial charge < -0.3 is 9.47 Å². The molecule has 2 aromatic rings. The lowest BCUT2D eigenvalue weighted by Gasteiger charge is -2.20. The van der Waals surface area contributed by atoms with Crippen LogP contribution >= 0.6 is 27.3 Å². The third-order valence-corrected chi connectivity index (χ3v) is 5.01. The van der Waals surface area contributed by atoms with E-state index in [1.54, 1.807) is 12.3 Å². The van der Waals surface area contributed by atoms with Gasteiger partial charge in [-0.3, -0.25) is 14.9 Å². The molecular formula is C19H23BrN2O4S. The predicted molar refractivity (Wildman–Crippen MR) is 109 cm³/mol. The van der Waals surface area contributed by atoms with Gasteiger partial charge in [0.2, 0.25) is 0 Å². The summed E-state index contributed by atoms with van der Waals surface area (Å²) in [5.41, 5.74) is 1.77. The molecular weight excluding hydrogens is 432 g/mol. The summed E-state index contributed by atoms with van der Waals surface area (Å²) < 4.78 is 11.3. The first kappa shape index (κ1) is 21.4. The molecule has 1 aromatic carbocycles. The quantitative estimate of drug-likeness (QED) is 0.629. The molecule has 0 aliphatic carbocycles. The van der Waals surface area contributed by atoms with Gasteiger partial charge in [-0.05, 0) is 46.0 Å². The number of rotatable bonds is 7. The van der Waals surface area contributed by atoms with Crippen molar-refractivity contribution < 1.29 is 19.1 Å². The molecule has 146 valence electrons. The second kappa shape index (κ2) is 9.32. The minimum atomic E-state index is -0.340. The van der Waals surface area contributed by atoms with Crippen LogP contribution in [0.25, 0.3) is 0 Å². The summed E-state index contributed by atoms with van der Waals surface area (Å²) in [4.78, 5) is 27.7. The van der Waals surface area contributed by atoms with E-state index in [4.69, 9.17) is 9.47 Å². The number of carbonyl (C=O) groups is 2. The van der Waals surface area contributed by atoms with E-state index in [9.17, 15) is 9.59 Å². The van der Waals surface area contributed by atoms with Crippen LogP contribution in [0.2, 0.25) is 0 Å². The van der Waals surface area contributed by atoms with E-state index in [1.807, 2.05) is 18.2 Å². The Balaban J connectivity index is 1.88. The molecule has 0 bridgehead atoms. The van der Waals surface area contributed by atoms with E-state index < -0.39 is 0 Å². The lowest BCUT2D eigenvalue weighted by atomic mass is 9.87. The standard InChI is InChI=1S/C19H23BrN2O4S/c1-5-25-17(24)9-13-11-27-18(21-13)22-16(23)10-26-15-7-6-12(8-14(15)20)19(2,3)4/h6-8,11H,5,9-10H2,1-4H3,(H,21,22,23). The molecule has 1 N–H and O–H groups in total. The Morgan fingerprint density at radius 1 is 1.30 bits per heavy atom. The number of hydrogen-bond donors (Lipinski definition) is 1. The summed E-state index contributed by atoms with van der Waals surface area (Å²) in [7, 11) is 0. The molecule has 6 nitrogen and oxygen atoms in total.